The number of hydrogen-bond donors (Lipinski definition) is 1. The molecule has 1 atom stereocenters. The Labute approximate surface area is 187 Å². The van der Waals surface area contributed by atoms with E-state index in [9.17, 15) is 4.79 Å². The van der Waals surface area contributed by atoms with Crippen molar-refractivity contribution in [2.75, 3.05) is 16.8 Å². The lowest BCUT2D eigenvalue weighted by Gasteiger charge is -2.27. The van der Waals surface area contributed by atoms with E-state index in [1.165, 1.54) is 5.56 Å². The number of anilines is 3. The predicted octanol–water partition coefficient (Wildman–Crippen LogP) is 5.39. The molecule has 0 saturated carbocycles. The quantitative estimate of drug-likeness (QED) is 0.404. The van der Waals surface area contributed by atoms with Gasteiger partial charge in [0.1, 0.15) is 0 Å². The monoisotopic (exact) mass is 423 g/mol. The zero-order chi connectivity index (χ0) is 21.9. The number of carbonyl (C=O) groups is 1. The molecule has 160 valence electrons. The first-order chi connectivity index (χ1) is 15.7. The standard InChI is InChI=1S/C27H25N3O2/c1-19-23-17-26(32-18-31)30(15-14-20-8-4-2-5-9-20)27(23)24-16-22(12-13-25(24)28-19)29-21-10-6-3-7-11-21/h2-13,16,18,26,29H,14-15,17H2,1H3. The van der Waals surface area contributed by atoms with Crippen LogP contribution >= 0.6 is 0 Å². The molecule has 5 rings (SSSR count). The Balaban J connectivity index is 1.55. The van der Waals surface area contributed by atoms with Gasteiger partial charge in [-0.15, -0.1) is 0 Å². The summed E-state index contributed by atoms with van der Waals surface area (Å²) in [5.41, 5.74) is 7.48. The van der Waals surface area contributed by atoms with Gasteiger partial charge in [-0.25, -0.2) is 0 Å². The molecule has 4 aromatic rings. The molecule has 5 heteroatoms. The highest BCUT2D eigenvalue weighted by Crippen LogP contribution is 2.41. The molecule has 0 amide bonds. The number of pyridine rings is 1. The average molecular weight is 424 g/mol. The molecule has 0 bridgehead atoms. The maximum absolute atomic E-state index is 11.3. The lowest BCUT2D eigenvalue weighted by Crippen LogP contribution is -2.35. The fourth-order valence-corrected chi connectivity index (χ4v) is 4.51. The maximum Gasteiger partial charge on any atom is 0.295 e. The minimum atomic E-state index is -0.317. The van der Waals surface area contributed by atoms with Crippen LogP contribution in [0, 0.1) is 6.92 Å². The molecular weight excluding hydrogens is 398 g/mol. The number of nitrogens with one attached hydrogen (secondary N) is 1. The summed E-state index contributed by atoms with van der Waals surface area (Å²) in [6, 6.07) is 26.8. The molecule has 32 heavy (non-hydrogen) atoms. The first kappa shape index (κ1) is 20.1. The second-order valence-corrected chi connectivity index (χ2v) is 8.07. The summed E-state index contributed by atoms with van der Waals surface area (Å²) < 4.78 is 5.52. The second-order valence-electron chi connectivity index (χ2n) is 8.07. The number of nitrogens with zero attached hydrogens (tertiary/aromatic N) is 2. The lowest BCUT2D eigenvalue weighted by atomic mass is 10.1. The van der Waals surface area contributed by atoms with Gasteiger partial charge in [-0.1, -0.05) is 48.5 Å². The third-order valence-electron chi connectivity index (χ3n) is 6.04. The molecule has 1 N–H and O–H groups in total. The Hall–Kier alpha value is -3.86. The molecule has 1 aliphatic heterocycles. The minimum Gasteiger partial charge on any atom is -0.443 e. The summed E-state index contributed by atoms with van der Waals surface area (Å²) >= 11 is 0. The van der Waals surface area contributed by atoms with Crippen LogP contribution in [0.3, 0.4) is 0 Å². The number of carbonyl (C=O) groups excluding carboxylic acids is 1. The fourth-order valence-electron chi connectivity index (χ4n) is 4.51. The van der Waals surface area contributed by atoms with Crippen molar-refractivity contribution in [2.45, 2.75) is 26.0 Å². The molecule has 0 radical (unpaired) electrons. The first-order valence-electron chi connectivity index (χ1n) is 10.9. The summed E-state index contributed by atoms with van der Waals surface area (Å²) in [4.78, 5) is 18.3. The van der Waals surface area contributed by atoms with Gasteiger partial charge in [-0.3, -0.25) is 9.78 Å². The van der Waals surface area contributed by atoms with Crippen LogP contribution in [0.1, 0.15) is 16.8 Å². The van der Waals surface area contributed by atoms with Gasteiger partial charge < -0.3 is 15.0 Å². The summed E-state index contributed by atoms with van der Waals surface area (Å²) in [7, 11) is 0. The molecule has 2 heterocycles. The zero-order valence-electron chi connectivity index (χ0n) is 18.0. The van der Waals surface area contributed by atoms with Crippen LogP contribution in [0.25, 0.3) is 10.9 Å². The summed E-state index contributed by atoms with van der Waals surface area (Å²) in [6.07, 6.45) is 1.20. The Bertz CT molecular complexity index is 1240. The van der Waals surface area contributed by atoms with Gasteiger partial charge in [0, 0.05) is 41.0 Å². The topological polar surface area (TPSA) is 54.5 Å². The summed E-state index contributed by atoms with van der Waals surface area (Å²) in [5.74, 6) is 0. The maximum atomic E-state index is 11.3. The van der Waals surface area contributed by atoms with Crippen molar-refractivity contribution in [2.24, 2.45) is 0 Å². The van der Waals surface area contributed by atoms with Gasteiger partial charge in [0.15, 0.2) is 6.23 Å². The van der Waals surface area contributed by atoms with Gasteiger partial charge in [0.25, 0.3) is 6.47 Å². The molecule has 1 aromatic heterocycles. The zero-order valence-corrected chi connectivity index (χ0v) is 18.0. The van der Waals surface area contributed by atoms with Gasteiger partial charge in [-0.05, 0) is 49.2 Å². The van der Waals surface area contributed by atoms with E-state index in [0.717, 1.165) is 52.2 Å². The van der Waals surface area contributed by atoms with Gasteiger partial charge >= 0.3 is 0 Å². The van der Waals surface area contributed by atoms with Crippen LogP contribution in [0.5, 0.6) is 0 Å². The Morgan fingerprint density at radius 3 is 2.53 bits per heavy atom. The molecule has 1 aliphatic rings. The van der Waals surface area contributed by atoms with Crippen LogP contribution < -0.4 is 10.2 Å². The number of benzene rings is 3. The van der Waals surface area contributed by atoms with E-state index in [2.05, 4.69) is 52.7 Å². The Morgan fingerprint density at radius 1 is 1.03 bits per heavy atom. The van der Waals surface area contributed by atoms with Gasteiger partial charge in [-0.2, -0.15) is 0 Å². The van der Waals surface area contributed by atoms with E-state index in [1.54, 1.807) is 0 Å². The number of ether oxygens (including phenoxy) is 1. The number of para-hydroxylation sites is 1. The van der Waals surface area contributed by atoms with Crippen molar-refractivity contribution >= 4 is 34.4 Å². The van der Waals surface area contributed by atoms with Crippen LogP contribution in [-0.2, 0) is 22.4 Å². The third-order valence-corrected chi connectivity index (χ3v) is 6.04. The number of fused-ring (bicyclic) bond motifs is 3. The number of aryl methyl sites for hydroxylation is 1. The Morgan fingerprint density at radius 2 is 1.78 bits per heavy atom. The fraction of sp³-hybridized carbons (Fsp3) is 0.185. The van der Waals surface area contributed by atoms with Crippen LogP contribution in [0.15, 0.2) is 78.9 Å². The van der Waals surface area contributed by atoms with E-state index < -0.39 is 0 Å². The van der Waals surface area contributed by atoms with E-state index in [1.807, 2.05) is 43.3 Å². The van der Waals surface area contributed by atoms with Crippen molar-refractivity contribution in [3.8, 4) is 0 Å². The van der Waals surface area contributed by atoms with Crippen LogP contribution in [0.2, 0.25) is 0 Å². The molecule has 0 spiro atoms. The highest BCUT2D eigenvalue weighted by Gasteiger charge is 2.34. The molecule has 0 saturated heterocycles. The SMILES string of the molecule is Cc1nc2ccc(Nc3ccccc3)cc2c2c1CC(OC=O)N2CCc1ccccc1. The molecule has 5 nitrogen and oxygen atoms in total. The molecule has 0 fully saturated rings. The number of aromatic nitrogens is 1. The first-order valence-corrected chi connectivity index (χ1v) is 10.9. The number of hydrogen-bond acceptors (Lipinski definition) is 5. The highest BCUT2D eigenvalue weighted by molar-refractivity contribution is 5.97. The van der Waals surface area contributed by atoms with Crippen molar-refractivity contribution in [3.63, 3.8) is 0 Å². The van der Waals surface area contributed by atoms with Gasteiger partial charge in [0.05, 0.1) is 11.2 Å². The van der Waals surface area contributed by atoms with Crippen molar-refractivity contribution in [3.05, 3.63) is 95.7 Å². The van der Waals surface area contributed by atoms with E-state index in [-0.39, 0.29) is 6.23 Å². The largest absolute Gasteiger partial charge is 0.443 e. The molecular formula is C27H25N3O2. The molecule has 3 aromatic carbocycles. The van der Waals surface area contributed by atoms with Crippen molar-refractivity contribution in [1.82, 2.24) is 4.98 Å². The summed E-state index contributed by atoms with van der Waals surface area (Å²) in [6.45, 7) is 3.34. The van der Waals surface area contributed by atoms with Crippen LogP contribution in [-0.4, -0.2) is 24.2 Å². The smallest absolute Gasteiger partial charge is 0.295 e. The predicted molar refractivity (Wildman–Crippen MR) is 128 cm³/mol. The van der Waals surface area contributed by atoms with Crippen molar-refractivity contribution < 1.29 is 9.53 Å². The highest BCUT2D eigenvalue weighted by atomic mass is 16.5. The Kier molecular flexibility index (Phi) is 5.46. The van der Waals surface area contributed by atoms with Crippen LogP contribution in [0.4, 0.5) is 17.1 Å². The van der Waals surface area contributed by atoms with Crippen molar-refractivity contribution in [1.29, 1.82) is 0 Å². The molecule has 1 unspecified atom stereocenters. The average Bonchev–Trinajstić information content (AvgIpc) is 3.19. The van der Waals surface area contributed by atoms with E-state index >= 15 is 0 Å². The van der Waals surface area contributed by atoms with E-state index in [0.29, 0.717) is 12.9 Å². The lowest BCUT2D eigenvalue weighted by molar-refractivity contribution is -0.133. The number of rotatable bonds is 7. The second kappa shape index (κ2) is 8.71. The summed E-state index contributed by atoms with van der Waals surface area (Å²) in [5, 5.41) is 4.54. The third kappa shape index (κ3) is 3.89. The minimum absolute atomic E-state index is 0.317. The van der Waals surface area contributed by atoms with E-state index in [4.69, 9.17) is 9.72 Å². The normalized spacial score (nSPS) is 14.9. The molecule has 0 aliphatic carbocycles. The van der Waals surface area contributed by atoms with Gasteiger partial charge in [0.2, 0.25) is 0 Å².